The summed E-state index contributed by atoms with van der Waals surface area (Å²) in [5.74, 6) is 0. The lowest BCUT2D eigenvalue weighted by atomic mass is 10.3. The van der Waals surface area contributed by atoms with E-state index in [0.29, 0.717) is 13.2 Å². The Balaban J connectivity index is 2.15. The van der Waals surface area contributed by atoms with E-state index in [2.05, 4.69) is 10.00 Å². The van der Waals surface area contributed by atoms with E-state index < -0.39 is 6.10 Å². The number of nitrogens with zero attached hydrogens (tertiary/aromatic N) is 3. The van der Waals surface area contributed by atoms with Crippen LogP contribution in [0.4, 0.5) is 5.69 Å². The molecule has 0 spiro atoms. The molecule has 2 rings (SSSR count). The van der Waals surface area contributed by atoms with Gasteiger partial charge in [-0.25, -0.2) is 4.68 Å². The first-order chi connectivity index (χ1) is 8.16. The molecular weight excluding hydrogens is 222 g/mol. The van der Waals surface area contributed by atoms with Gasteiger partial charge in [0.15, 0.2) is 0 Å². The Morgan fingerprint density at radius 3 is 2.82 bits per heavy atom. The molecule has 17 heavy (non-hydrogen) atoms. The van der Waals surface area contributed by atoms with E-state index in [1.54, 1.807) is 19.2 Å². The van der Waals surface area contributed by atoms with Gasteiger partial charge in [0.1, 0.15) is 0 Å². The maximum atomic E-state index is 11.7. The van der Waals surface area contributed by atoms with Crippen molar-refractivity contribution in [3.8, 4) is 0 Å². The van der Waals surface area contributed by atoms with Gasteiger partial charge >= 0.3 is 0 Å². The molecule has 0 saturated carbocycles. The maximum absolute atomic E-state index is 11.7. The highest BCUT2D eigenvalue weighted by atomic mass is 16.5. The molecule has 0 bridgehead atoms. The molecule has 1 aromatic heterocycles. The summed E-state index contributed by atoms with van der Waals surface area (Å²) in [7, 11) is 0. The summed E-state index contributed by atoms with van der Waals surface area (Å²) in [4.78, 5) is 13.8. The molecule has 1 N–H and O–H groups in total. The zero-order chi connectivity index (χ0) is 12.3. The van der Waals surface area contributed by atoms with Gasteiger partial charge in [0.25, 0.3) is 5.56 Å². The number of morpholine rings is 1. The SMILES string of the molecule is C[C@H](O)Cn1ncc(N2CCOCC2)cc1=O. The monoisotopic (exact) mass is 239 g/mol. The second-order valence-corrected chi connectivity index (χ2v) is 4.18. The summed E-state index contributed by atoms with van der Waals surface area (Å²) in [5.41, 5.74) is 0.634. The third-order valence-corrected chi connectivity index (χ3v) is 2.67. The highest BCUT2D eigenvalue weighted by Crippen LogP contribution is 2.11. The topological polar surface area (TPSA) is 67.6 Å². The van der Waals surface area contributed by atoms with Gasteiger partial charge < -0.3 is 14.7 Å². The summed E-state index contributed by atoms with van der Waals surface area (Å²) in [6.07, 6.45) is 1.09. The van der Waals surface area contributed by atoms with Crippen molar-refractivity contribution in [2.24, 2.45) is 0 Å². The van der Waals surface area contributed by atoms with Crippen molar-refractivity contribution in [3.05, 3.63) is 22.6 Å². The third kappa shape index (κ3) is 3.04. The van der Waals surface area contributed by atoms with Crippen LogP contribution in [0.5, 0.6) is 0 Å². The first-order valence-corrected chi connectivity index (χ1v) is 5.75. The smallest absolute Gasteiger partial charge is 0.268 e. The molecule has 0 amide bonds. The Kier molecular flexibility index (Phi) is 3.75. The highest BCUT2D eigenvalue weighted by Gasteiger charge is 2.12. The minimum Gasteiger partial charge on any atom is -0.391 e. The van der Waals surface area contributed by atoms with Gasteiger partial charge in [0.2, 0.25) is 0 Å². The van der Waals surface area contributed by atoms with Crippen LogP contribution in [0.3, 0.4) is 0 Å². The van der Waals surface area contributed by atoms with Crippen molar-refractivity contribution in [1.82, 2.24) is 9.78 Å². The number of rotatable bonds is 3. The van der Waals surface area contributed by atoms with Crippen LogP contribution >= 0.6 is 0 Å². The van der Waals surface area contributed by atoms with E-state index in [1.807, 2.05) is 0 Å². The summed E-state index contributed by atoms with van der Waals surface area (Å²) < 4.78 is 6.52. The standard InChI is InChI=1S/C11H17N3O3/c1-9(15)8-14-11(16)6-10(7-12-14)13-2-4-17-5-3-13/h6-7,9,15H,2-5,8H2,1H3/t9-/m0/s1. The lowest BCUT2D eigenvalue weighted by Gasteiger charge is -2.28. The minimum absolute atomic E-state index is 0.185. The zero-order valence-electron chi connectivity index (χ0n) is 9.87. The number of hydrogen-bond donors (Lipinski definition) is 1. The predicted octanol–water partition coefficient (Wildman–Crippen LogP) is -0.539. The summed E-state index contributed by atoms with van der Waals surface area (Å²) in [6, 6.07) is 1.56. The van der Waals surface area contributed by atoms with Crippen LogP contribution in [0.2, 0.25) is 0 Å². The Bertz CT molecular complexity index is 424. The largest absolute Gasteiger partial charge is 0.391 e. The van der Waals surface area contributed by atoms with Gasteiger partial charge in [-0.3, -0.25) is 4.79 Å². The van der Waals surface area contributed by atoms with Crippen molar-refractivity contribution in [2.75, 3.05) is 31.2 Å². The minimum atomic E-state index is -0.575. The van der Waals surface area contributed by atoms with E-state index >= 15 is 0 Å². The fourth-order valence-electron chi connectivity index (χ4n) is 1.81. The number of anilines is 1. The first kappa shape index (κ1) is 12.1. The van der Waals surface area contributed by atoms with Crippen molar-refractivity contribution >= 4 is 5.69 Å². The molecule has 6 heteroatoms. The first-order valence-electron chi connectivity index (χ1n) is 5.75. The van der Waals surface area contributed by atoms with Crippen molar-refractivity contribution in [2.45, 2.75) is 19.6 Å². The van der Waals surface area contributed by atoms with Crippen LogP contribution in [0.1, 0.15) is 6.92 Å². The van der Waals surface area contributed by atoms with Crippen LogP contribution in [0.15, 0.2) is 17.1 Å². The lowest BCUT2D eigenvalue weighted by molar-refractivity contribution is 0.122. The lowest BCUT2D eigenvalue weighted by Crippen LogP contribution is -2.37. The van der Waals surface area contributed by atoms with Crippen molar-refractivity contribution < 1.29 is 9.84 Å². The van der Waals surface area contributed by atoms with Gasteiger partial charge in [0.05, 0.1) is 37.7 Å². The average Bonchev–Trinajstić information content (AvgIpc) is 2.32. The molecule has 1 aliphatic rings. The summed E-state index contributed by atoms with van der Waals surface area (Å²) in [6.45, 7) is 4.77. The third-order valence-electron chi connectivity index (χ3n) is 2.67. The number of aliphatic hydroxyl groups is 1. The number of ether oxygens (including phenoxy) is 1. The molecule has 94 valence electrons. The molecule has 0 aromatic carbocycles. The van der Waals surface area contributed by atoms with E-state index in [-0.39, 0.29) is 12.1 Å². The number of aromatic nitrogens is 2. The van der Waals surface area contributed by atoms with E-state index in [1.165, 1.54) is 4.68 Å². The van der Waals surface area contributed by atoms with Gasteiger partial charge in [-0.15, -0.1) is 0 Å². The Hall–Kier alpha value is -1.40. The molecule has 0 unspecified atom stereocenters. The molecule has 0 radical (unpaired) electrons. The molecule has 1 saturated heterocycles. The summed E-state index contributed by atoms with van der Waals surface area (Å²) in [5, 5.41) is 13.3. The fourth-order valence-corrected chi connectivity index (χ4v) is 1.81. The molecule has 1 aromatic rings. The van der Waals surface area contributed by atoms with Gasteiger partial charge in [0, 0.05) is 19.2 Å². The van der Waals surface area contributed by atoms with Crippen LogP contribution in [0, 0.1) is 0 Å². The van der Waals surface area contributed by atoms with Crippen molar-refractivity contribution in [1.29, 1.82) is 0 Å². The van der Waals surface area contributed by atoms with E-state index in [0.717, 1.165) is 18.8 Å². The van der Waals surface area contributed by atoms with Crippen LogP contribution in [-0.4, -0.2) is 47.3 Å². The van der Waals surface area contributed by atoms with Gasteiger partial charge in [-0.2, -0.15) is 5.10 Å². The van der Waals surface area contributed by atoms with Gasteiger partial charge in [-0.05, 0) is 6.92 Å². The maximum Gasteiger partial charge on any atom is 0.268 e. The second kappa shape index (κ2) is 5.29. The second-order valence-electron chi connectivity index (χ2n) is 4.18. The van der Waals surface area contributed by atoms with E-state index in [4.69, 9.17) is 4.74 Å². The molecule has 1 fully saturated rings. The zero-order valence-corrected chi connectivity index (χ0v) is 9.87. The van der Waals surface area contributed by atoms with Crippen LogP contribution in [-0.2, 0) is 11.3 Å². The highest BCUT2D eigenvalue weighted by molar-refractivity contribution is 5.43. The Morgan fingerprint density at radius 2 is 2.24 bits per heavy atom. The number of hydrogen-bond acceptors (Lipinski definition) is 5. The summed E-state index contributed by atoms with van der Waals surface area (Å²) >= 11 is 0. The quantitative estimate of drug-likeness (QED) is 0.767. The molecule has 0 aliphatic carbocycles. The molecule has 2 heterocycles. The Morgan fingerprint density at radius 1 is 1.53 bits per heavy atom. The molecule has 1 atom stereocenters. The fraction of sp³-hybridized carbons (Fsp3) is 0.636. The molecule has 6 nitrogen and oxygen atoms in total. The molecular formula is C11H17N3O3. The van der Waals surface area contributed by atoms with Crippen LogP contribution in [0.25, 0.3) is 0 Å². The van der Waals surface area contributed by atoms with Crippen LogP contribution < -0.4 is 10.5 Å². The number of aliphatic hydroxyl groups excluding tert-OH is 1. The van der Waals surface area contributed by atoms with Gasteiger partial charge in [-0.1, -0.05) is 0 Å². The van der Waals surface area contributed by atoms with E-state index in [9.17, 15) is 9.90 Å². The average molecular weight is 239 g/mol. The predicted molar refractivity (Wildman–Crippen MR) is 63.2 cm³/mol. The normalized spacial score (nSPS) is 18.1. The Labute approximate surface area is 99.4 Å². The van der Waals surface area contributed by atoms with Crippen molar-refractivity contribution in [3.63, 3.8) is 0 Å². The molecule has 1 aliphatic heterocycles.